The van der Waals surface area contributed by atoms with Gasteiger partial charge in [0.2, 0.25) is 17.7 Å². The summed E-state index contributed by atoms with van der Waals surface area (Å²) in [5.74, 6) is -2.54. The number of nitrogens with one attached hydrogen (secondary N) is 2. The van der Waals surface area contributed by atoms with Crippen molar-refractivity contribution in [3.05, 3.63) is 59.9 Å². The highest BCUT2D eigenvalue weighted by Gasteiger charge is 2.24. The minimum atomic E-state index is -1.79. The zero-order valence-corrected chi connectivity index (χ0v) is 20.0. The second-order valence-electron chi connectivity index (χ2n) is 8.50. The summed E-state index contributed by atoms with van der Waals surface area (Å²) in [5, 5.41) is 5.53. The van der Waals surface area contributed by atoms with Gasteiger partial charge < -0.3 is 15.5 Å². The van der Waals surface area contributed by atoms with Crippen LogP contribution in [0.4, 0.5) is 15.8 Å². The molecule has 0 bridgehead atoms. The fourth-order valence-electron chi connectivity index (χ4n) is 3.86. The van der Waals surface area contributed by atoms with E-state index in [2.05, 4.69) is 10.6 Å². The highest BCUT2D eigenvalue weighted by atomic mass is 32.2. The van der Waals surface area contributed by atoms with E-state index in [-0.39, 0.29) is 24.2 Å². The molecule has 2 aromatic carbocycles. The van der Waals surface area contributed by atoms with Crippen LogP contribution in [0.25, 0.3) is 0 Å². The molecule has 34 heavy (non-hydrogen) atoms. The van der Waals surface area contributed by atoms with Crippen LogP contribution in [0.5, 0.6) is 0 Å². The molecule has 1 saturated carbocycles. The molecule has 2 N–H and O–H groups in total. The molecule has 1 aliphatic carbocycles. The zero-order valence-electron chi connectivity index (χ0n) is 19.2. The Morgan fingerprint density at radius 2 is 1.59 bits per heavy atom. The van der Waals surface area contributed by atoms with Crippen molar-refractivity contribution in [3.63, 3.8) is 0 Å². The van der Waals surface area contributed by atoms with E-state index < -0.39 is 34.2 Å². The van der Waals surface area contributed by atoms with Crippen molar-refractivity contribution in [2.75, 3.05) is 28.3 Å². The van der Waals surface area contributed by atoms with Crippen LogP contribution in [0.1, 0.15) is 37.7 Å². The second kappa shape index (κ2) is 12.4. The number of carbonyl (C=O) groups is 3. The van der Waals surface area contributed by atoms with E-state index in [9.17, 15) is 23.0 Å². The third-order valence-electron chi connectivity index (χ3n) is 5.62. The van der Waals surface area contributed by atoms with Crippen molar-refractivity contribution in [2.24, 2.45) is 0 Å². The topological polar surface area (TPSA) is 95.6 Å². The first kappa shape index (κ1) is 25.6. The first-order valence-corrected chi connectivity index (χ1v) is 12.9. The molecule has 1 aliphatic rings. The summed E-state index contributed by atoms with van der Waals surface area (Å²) in [7, 11) is -1.79. The normalized spacial score (nSPS) is 14.8. The van der Waals surface area contributed by atoms with Crippen LogP contribution in [0.3, 0.4) is 0 Å². The fraction of sp³-hybridized carbons (Fsp3) is 0.400. The Morgan fingerprint density at radius 3 is 2.24 bits per heavy atom. The molecule has 182 valence electrons. The van der Waals surface area contributed by atoms with Crippen molar-refractivity contribution in [2.45, 2.75) is 45.1 Å². The van der Waals surface area contributed by atoms with Gasteiger partial charge in [0.25, 0.3) is 0 Å². The maximum Gasteiger partial charge on any atom is 0.240 e. The van der Waals surface area contributed by atoms with E-state index in [4.69, 9.17) is 0 Å². The molecule has 1 fully saturated rings. The Balaban J connectivity index is 1.61. The highest BCUT2D eigenvalue weighted by molar-refractivity contribution is 7.86. The predicted molar refractivity (Wildman–Crippen MR) is 131 cm³/mol. The van der Waals surface area contributed by atoms with Crippen LogP contribution < -0.4 is 15.5 Å². The minimum Gasteiger partial charge on any atom is -0.352 e. The van der Waals surface area contributed by atoms with Gasteiger partial charge in [-0.2, -0.15) is 0 Å². The summed E-state index contributed by atoms with van der Waals surface area (Å²) in [6, 6.07) is 12.5. The van der Waals surface area contributed by atoms with Crippen molar-refractivity contribution in [3.8, 4) is 0 Å². The maximum absolute atomic E-state index is 13.0. The van der Waals surface area contributed by atoms with E-state index in [1.165, 1.54) is 35.6 Å². The number of amides is 3. The summed E-state index contributed by atoms with van der Waals surface area (Å²) in [5.41, 5.74) is 1.90. The number of carbonyl (C=O) groups excluding carboxylic acids is 3. The van der Waals surface area contributed by atoms with E-state index >= 15 is 0 Å². The van der Waals surface area contributed by atoms with E-state index in [1.54, 1.807) is 12.1 Å². The number of hydrogen-bond acceptors (Lipinski definition) is 4. The van der Waals surface area contributed by atoms with Gasteiger partial charge in [0.05, 0.1) is 0 Å². The molecule has 2 aromatic rings. The number of halogens is 1. The van der Waals surface area contributed by atoms with Gasteiger partial charge in [-0.1, -0.05) is 37.0 Å². The summed E-state index contributed by atoms with van der Waals surface area (Å²) in [4.78, 5) is 39.2. The molecule has 1 atom stereocenters. The van der Waals surface area contributed by atoms with E-state index in [1.807, 2.05) is 19.1 Å². The molecule has 3 rings (SSSR count). The highest BCUT2D eigenvalue weighted by Crippen LogP contribution is 2.19. The lowest BCUT2D eigenvalue weighted by Gasteiger charge is -2.26. The van der Waals surface area contributed by atoms with Gasteiger partial charge in [0.15, 0.2) is 0 Å². The lowest BCUT2D eigenvalue weighted by Crippen LogP contribution is -2.46. The van der Waals surface area contributed by atoms with Gasteiger partial charge in [0, 0.05) is 28.2 Å². The molecule has 7 nitrogen and oxygen atoms in total. The van der Waals surface area contributed by atoms with E-state index in [0.717, 1.165) is 31.2 Å². The lowest BCUT2D eigenvalue weighted by molar-refractivity contribution is -0.123. The molecule has 0 saturated heterocycles. The standard InChI is InChI=1S/C25H30FN3O4S/c1-18-7-13-22(14-8-18)29(15-23(30)27-20-5-3-2-4-6-20)25(32)17-34(33)16-24(31)28-21-11-9-19(26)10-12-21/h7-14,20H,2-6,15-17H2,1H3,(H,27,30)(H,28,31)/t34-/m1/s1. The number of rotatable bonds is 9. The average Bonchev–Trinajstić information content (AvgIpc) is 2.80. The molecule has 0 radical (unpaired) electrons. The van der Waals surface area contributed by atoms with Crippen molar-refractivity contribution in [1.29, 1.82) is 0 Å². The van der Waals surface area contributed by atoms with Crippen LogP contribution in [0, 0.1) is 12.7 Å². The quantitative estimate of drug-likeness (QED) is 0.567. The van der Waals surface area contributed by atoms with Crippen LogP contribution in [0.2, 0.25) is 0 Å². The van der Waals surface area contributed by atoms with Crippen LogP contribution in [-0.4, -0.2) is 46.0 Å². The Kier molecular flexibility index (Phi) is 9.33. The average molecular weight is 488 g/mol. The van der Waals surface area contributed by atoms with Crippen LogP contribution in [-0.2, 0) is 25.2 Å². The van der Waals surface area contributed by atoms with Gasteiger partial charge in [-0.15, -0.1) is 0 Å². The van der Waals surface area contributed by atoms with Gasteiger partial charge in [-0.3, -0.25) is 18.6 Å². The number of nitrogens with zero attached hydrogens (tertiary/aromatic N) is 1. The number of hydrogen-bond donors (Lipinski definition) is 2. The van der Waals surface area contributed by atoms with Crippen molar-refractivity contribution >= 4 is 39.9 Å². The number of anilines is 2. The monoisotopic (exact) mass is 487 g/mol. The summed E-state index contributed by atoms with van der Waals surface area (Å²) in [6.45, 7) is 1.73. The van der Waals surface area contributed by atoms with Crippen LogP contribution >= 0.6 is 0 Å². The van der Waals surface area contributed by atoms with E-state index in [0.29, 0.717) is 11.4 Å². The third-order valence-corrected chi connectivity index (χ3v) is 6.78. The molecular formula is C25H30FN3O4S. The summed E-state index contributed by atoms with van der Waals surface area (Å²) < 4.78 is 25.5. The maximum atomic E-state index is 13.0. The van der Waals surface area contributed by atoms with Gasteiger partial charge in [0.1, 0.15) is 23.9 Å². The first-order valence-electron chi connectivity index (χ1n) is 11.4. The SMILES string of the molecule is Cc1ccc(N(CC(=O)NC2CCCCC2)C(=O)C[S@](=O)CC(=O)Nc2ccc(F)cc2)cc1. The molecule has 0 aromatic heterocycles. The first-order chi connectivity index (χ1) is 16.3. The second-order valence-corrected chi connectivity index (χ2v) is 9.96. The fourth-order valence-corrected chi connectivity index (χ4v) is 4.75. The lowest BCUT2D eigenvalue weighted by atomic mass is 9.95. The van der Waals surface area contributed by atoms with Gasteiger partial charge >= 0.3 is 0 Å². The minimum absolute atomic E-state index is 0.112. The Morgan fingerprint density at radius 1 is 0.941 bits per heavy atom. The summed E-state index contributed by atoms with van der Waals surface area (Å²) in [6.07, 6.45) is 5.17. The van der Waals surface area contributed by atoms with Gasteiger partial charge in [-0.05, 0) is 56.2 Å². The number of aryl methyl sites for hydroxylation is 1. The smallest absolute Gasteiger partial charge is 0.240 e. The molecule has 9 heteroatoms. The van der Waals surface area contributed by atoms with Gasteiger partial charge in [-0.25, -0.2) is 4.39 Å². The van der Waals surface area contributed by atoms with Crippen molar-refractivity contribution < 1.29 is 23.0 Å². The third kappa shape index (κ3) is 8.06. The zero-order chi connectivity index (χ0) is 24.5. The molecule has 3 amide bonds. The predicted octanol–water partition coefficient (Wildman–Crippen LogP) is 3.30. The summed E-state index contributed by atoms with van der Waals surface area (Å²) >= 11 is 0. The van der Waals surface area contributed by atoms with Crippen LogP contribution in [0.15, 0.2) is 48.5 Å². The molecule has 0 spiro atoms. The Hall–Kier alpha value is -3.07. The Labute approximate surface area is 201 Å². The Bertz CT molecular complexity index is 1020. The molecule has 0 aliphatic heterocycles. The molecule has 0 unspecified atom stereocenters. The molecular weight excluding hydrogens is 457 g/mol. The number of benzene rings is 2. The largest absolute Gasteiger partial charge is 0.352 e. The van der Waals surface area contributed by atoms with Crippen molar-refractivity contribution in [1.82, 2.24) is 5.32 Å². The molecule has 0 heterocycles.